The number of carbonyl (C=O) groups excluding carboxylic acids is 2. The van der Waals surface area contributed by atoms with Crippen molar-refractivity contribution in [3.05, 3.63) is 69.6 Å². The maximum atomic E-state index is 12.3. The van der Waals surface area contributed by atoms with E-state index in [1.54, 1.807) is 12.1 Å². The Morgan fingerprint density at radius 3 is 2.61 bits per heavy atom. The lowest BCUT2D eigenvalue weighted by Crippen LogP contribution is -2.34. The summed E-state index contributed by atoms with van der Waals surface area (Å²) < 4.78 is 16.4. The molecule has 7 nitrogen and oxygen atoms in total. The molecule has 0 aliphatic heterocycles. The summed E-state index contributed by atoms with van der Waals surface area (Å²) >= 11 is 0. The first kappa shape index (κ1) is 24.0. The molecule has 1 amide bonds. The SMILES string of the molecule is CCC(C)NC(=O)c1cc2ccc(OC(=O)CCCOc3ccc(C)cc3C)cc2oc1=O. The van der Waals surface area contributed by atoms with Crippen LogP contribution in [0, 0.1) is 13.8 Å². The van der Waals surface area contributed by atoms with Crippen LogP contribution in [0.2, 0.25) is 0 Å². The van der Waals surface area contributed by atoms with Crippen LogP contribution >= 0.6 is 0 Å². The van der Waals surface area contributed by atoms with Crippen LogP contribution in [-0.4, -0.2) is 24.5 Å². The molecule has 0 radical (unpaired) electrons. The van der Waals surface area contributed by atoms with Gasteiger partial charge in [-0.3, -0.25) is 9.59 Å². The maximum absolute atomic E-state index is 12.3. The van der Waals surface area contributed by atoms with Gasteiger partial charge in [0.05, 0.1) is 6.61 Å². The lowest BCUT2D eigenvalue weighted by molar-refractivity contribution is -0.134. The Hall–Kier alpha value is -3.61. The van der Waals surface area contributed by atoms with E-state index in [0.717, 1.165) is 17.7 Å². The average molecular weight is 452 g/mol. The Balaban J connectivity index is 1.57. The number of ether oxygens (including phenoxy) is 2. The topological polar surface area (TPSA) is 94.8 Å². The molecule has 0 saturated heterocycles. The molecule has 0 aliphatic carbocycles. The average Bonchev–Trinajstić information content (AvgIpc) is 2.77. The van der Waals surface area contributed by atoms with Crippen LogP contribution < -0.4 is 20.4 Å². The molecule has 7 heteroatoms. The zero-order valence-electron chi connectivity index (χ0n) is 19.4. The molecule has 0 saturated carbocycles. The number of carbonyl (C=O) groups is 2. The zero-order valence-corrected chi connectivity index (χ0v) is 19.4. The minimum absolute atomic E-state index is 0.0549. The molecule has 33 heavy (non-hydrogen) atoms. The van der Waals surface area contributed by atoms with Crippen molar-refractivity contribution in [1.82, 2.24) is 5.32 Å². The number of hydrogen-bond donors (Lipinski definition) is 1. The number of rotatable bonds is 9. The van der Waals surface area contributed by atoms with Crippen LogP contribution in [0.3, 0.4) is 0 Å². The van der Waals surface area contributed by atoms with Crippen LogP contribution in [0.5, 0.6) is 11.5 Å². The smallest absolute Gasteiger partial charge is 0.349 e. The summed E-state index contributed by atoms with van der Waals surface area (Å²) in [6.07, 6.45) is 1.43. The van der Waals surface area contributed by atoms with Crippen molar-refractivity contribution in [3.8, 4) is 11.5 Å². The summed E-state index contributed by atoms with van der Waals surface area (Å²) in [5.74, 6) is 0.183. The van der Waals surface area contributed by atoms with Gasteiger partial charge in [-0.1, -0.05) is 24.6 Å². The second kappa shape index (κ2) is 10.8. The maximum Gasteiger partial charge on any atom is 0.349 e. The molecule has 0 spiro atoms. The van der Waals surface area contributed by atoms with Gasteiger partial charge < -0.3 is 19.2 Å². The number of amides is 1. The van der Waals surface area contributed by atoms with Crippen molar-refractivity contribution in [1.29, 1.82) is 0 Å². The van der Waals surface area contributed by atoms with Gasteiger partial charge in [0.1, 0.15) is 22.6 Å². The van der Waals surface area contributed by atoms with E-state index in [1.165, 1.54) is 17.7 Å². The van der Waals surface area contributed by atoms with Crippen LogP contribution in [0.1, 0.15) is 54.6 Å². The van der Waals surface area contributed by atoms with Gasteiger partial charge >= 0.3 is 11.6 Å². The first-order chi connectivity index (χ1) is 15.8. The highest BCUT2D eigenvalue weighted by Crippen LogP contribution is 2.22. The molecule has 1 N–H and O–H groups in total. The lowest BCUT2D eigenvalue weighted by atomic mass is 10.1. The van der Waals surface area contributed by atoms with Crippen LogP contribution in [0.4, 0.5) is 0 Å². The standard InChI is InChI=1S/C26H29NO6/c1-5-18(4)27-25(29)21-14-19-9-10-20(15-23(19)33-26(21)30)32-24(28)7-6-12-31-22-11-8-16(2)13-17(22)3/h8-11,13-15,18H,5-7,12H2,1-4H3,(H,27,29). The molecule has 3 aromatic rings. The van der Waals surface area contributed by atoms with Gasteiger partial charge in [0.2, 0.25) is 0 Å². The third kappa shape index (κ3) is 6.44. The van der Waals surface area contributed by atoms with Gasteiger partial charge in [-0.25, -0.2) is 4.79 Å². The third-order valence-electron chi connectivity index (χ3n) is 5.29. The molecule has 174 valence electrons. The molecule has 1 aromatic heterocycles. The Labute approximate surface area is 192 Å². The molecule has 0 aliphatic rings. The van der Waals surface area contributed by atoms with Gasteiger partial charge in [0.25, 0.3) is 5.91 Å². The molecule has 0 bridgehead atoms. The predicted molar refractivity (Wildman–Crippen MR) is 126 cm³/mol. The van der Waals surface area contributed by atoms with E-state index in [1.807, 2.05) is 45.9 Å². The molecule has 1 heterocycles. The largest absolute Gasteiger partial charge is 0.493 e. The van der Waals surface area contributed by atoms with Crippen LogP contribution in [0.15, 0.2) is 51.7 Å². The summed E-state index contributed by atoms with van der Waals surface area (Å²) in [6.45, 7) is 8.20. The normalized spacial score (nSPS) is 11.8. The summed E-state index contributed by atoms with van der Waals surface area (Å²) in [5.41, 5.74) is 1.66. The van der Waals surface area contributed by atoms with E-state index in [9.17, 15) is 14.4 Å². The molecule has 1 atom stereocenters. The third-order valence-corrected chi connectivity index (χ3v) is 5.29. The molecule has 0 fully saturated rings. The Kier molecular flexibility index (Phi) is 7.87. The van der Waals surface area contributed by atoms with Gasteiger partial charge in [0.15, 0.2) is 0 Å². The van der Waals surface area contributed by atoms with E-state index >= 15 is 0 Å². The van der Waals surface area contributed by atoms with Crippen molar-refractivity contribution in [2.75, 3.05) is 6.61 Å². The van der Waals surface area contributed by atoms with Crippen LogP contribution in [-0.2, 0) is 4.79 Å². The molecular formula is C26H29NO6. The Morgan fingerprint density at radius 2 is 1.88 bits per heavy atom. The van der Waals surface area contributed by atoms with Crippen molar-refractivity contribution in [2.45, 2.75) is 53.0 Å². The van der Waals surface area contributed by atoms with Crippen molar-refractivity contribution in [3.63, 3.8) is 0 Å². The molecular weight excluding hydrogens is 422 g/mol. The van der Waals surface area contributed by atoms with E-state index in [4.69, 9.17) is 13.9 Å². The zero-order chi connectivity index (χ0) is 24.0. The van der Waals surface area contributed by atoms with E-state index in [0.29, 0.717) is 18.4 Å². The first-order valence-corrected chi connectivity index (χ1v) is 11.1. The fraction of sp³-hybridized carbons (Fsp3) is 0.346. The van der Waals surface area contributed by atoms with E-state index in [-0.39, 0.29) is 29.4 Å². The van der Waals surface area contributed by atoms with Crippen molar-refractivity contribution >= 4 is 22.8 Å². The van der Waals surface area contributed by atoms with E-state index in [2.05, 4.69) is 5.32 Å². The van der Waals surface area contributed by atoms with Crippen LogP contribution in [0.25, 0.3) is 11.0 Å². The van der Waals surface area contributed by atoms with E-state index < -0.39 is 17.5 Å². The fourth-order valence-corrected chi connectivity index (χ4v) is 3.26. The van der Waals surface area contributed by atoms with Crippen molar-refractivity contribution < 1.29 is 23.5 Å². The molecule has 2 aromatic carbocycles. The quantitative estimate of drug-likeness (QED) is 0.219. The monoisotopic (exact) mass is 451 g/mol. The first-order valence-electron chi connectivity index (χ1n) is 11.1. The van der Waals surface area contributed by atoms with Gasteiger partial charge in [-0.15, -0.1) is 0 Å². The Bertz CT molecular complexity index is 1210. The number of nitrogens with one attached hydrogen (secondary N) is 1. The highest BCUT2D eigenvalue weighted by atomic mass is 16.5. The number of fused-ring (bicyclic) bond motifs is 1. The number of esters is 1. The minimum Gasteiger partial charge on any atom is -0.493 e. The highest BCUT2D eigenvalue weighted by molar-refractivity contribution is 5.97. The van der Waals surface area contributed by atoms with Gasteiger partial charge in [0, 0.05) is 23.9 Å². The molecule has 1 unspecified atom stereocenters. The predicted octanol–water partition coefficient (Wildman–Crippen LogP) is 4.70. The minimum atomic E-state index is -0.740. The number of aryl methyl sites for hydroxylation is 2. The summed E-state index contributed by atoms with van der Waals surface area (Å²) in [4.78, 5) is 36.7. The summed E-state index contributed by atoms with van der Waals surface area (Å²) in [7, 11) is 0. The summed E-state index contributed by atoms with van der Waals surface area (Å²) in [6, 6.07) is 12.1. The summed E-state index contributed by atoms with van der Waals surface area (Å²) in [5, 5.41) is 3.31. The lowest BCUT2D eigenvalue weighted by Gasteiger charge is -2.11. The second-order valence-corrected chi connectivity index (χ2v) is 8.12. The molecule has 3 rings (SSSR count). The number of hydrogen-bond acceptors (Lipinski definition) is 6. The number of benzene rings is 2. The Morgan fingerprint density at radius 1 is 1.09 bits per heavy atom. The highest BCUT2D eigenvalue weighted by Gasteiger charge is 2.16. The fourth-order valence-electron chi connectivity index (χ4n) is 3.26. The van der Waals surface area contributed by atoms with Gasteiger partial charge in [-0.05, 0) is 63.4 Å². The second-order valence-electron chi connectivity index (χ2n) is 8.12. The van der Waals surface area contributed by atoms with Gasteiger partial charge in [-0.2, -0.15) is 0 Å². The van der Waals surface area contributed by atoms with Crippen molar-refractivity contribution in [2.24, 2.45) is 0 Å².